The van der Waals surface area contributed by atoms with Crippen LogP contribution in [0.15, 0.2) is 22.7 Å². The summed E-state index contributed by atoms with van der Waals surface area (Å²) in [7, 11) is 0. The second-order valence-electron chi connectivity index (χ2n) is 3.89. The molecule has 0 aromatic heterocycles. The van der Waals surface area contributed by atoms with E-state index < -0.39 is 5.41 Å². The lowest BCUT2D eigenvalue weighted by atomic mass is 9.82. The quantitative estimate of drug-likeness (QED) is 0.785. The van der Waals surface area contributed by atoms with E-state index in [2.05, 4.69) is 35.0 Å². The first-order valence-electron chi connectivity index (χ1n) is 4.71. The number of hydrogen-bond acceptors (Lipinski definition) is 1. The van der Waals surface area contributed by atoms with Crippen molar-refractivity contribution in [3.63, 3.8) is 0 Å². The summed E-state index contributed by atoms with van der Waals surface area (Å²) in [5.41, 5.74) is 1.98. The Bertz CT molecular complexity index is 374. The van der Waals surface area contributed by atoms with Crippen molar-refractivity contribution in [3.8, 4) is 6.07 Å². The molecule has 0 saturated heterocycles. The fourth-order valence-corrected chi connectivity index (χ4v) is 1.93. The maximum atomic E-state index is 9.08. The normalized spacial score (nSPS) is 11.1. The van der Waals surface area contributed by atoms with Crippen LogP contribution in [0.4, 0.5) is 0 Å². The van der Waals surface area contributed by atoms with Crippen LogP contribution in [-0.4, -0.2) is 0 Å². The fourth-order valence-electron chi connectivity index (χ4n) is 1.52. The molecule has 0 atom stereocenters. The lowest BCUT2D eigenvalue weighted by molar-refractivity contribution is 0.676. The number of hydrogen-bond donors (Lipinski definition) is 0. The number of aryl methyl sites for hydroxylation is 1. The van der Waals surface area contributed by atoms with E-state index >= 15 is 0 Å². The average Bonchev–Trinajstić information content (AvgIpc) is 2.17. The van der Waals surface area contributed by atoms with Crippen molar-refractivity contribution in [1.82, 2.24) is 0 Å². The minimum atomic E-state index is -0.397. The van der Waals surface area contributed by atoms with Crippen molar-refractivity contribution in [2.24, 2.45) is 0 Å². The third kappa shape index (κ3) is 2.16. The molecule has 0 radical (unpaired) electrons. The summed E-state index contributed by atoms with van der Waals surface area (Å²) in [4.78, 5) is 0. The summed E-state index contributed by atoms with van der Waals surface area (Å²) in [6, 6.07) is 8.46. The van der Waals surface area contributed by atoms with E-state index in [1.54, 1.807) is 0 Å². The lowest BCUT2D eigenvalue weighted by Crippen LogP contribution is -2.16. The summed E-state index contributed by atoms with van der Waals surface area (Å²) in [5.74, 6) is 0. The molecule has 0 saturated carbocycles. The summed E-state index contributed by atoms with van der Waals surface area (Å²) in [5, 5.41) is 9.08. The zero-order valence-electron chi connectivity index (χ0n) is 8.76. The summed E-state index contributed by atoms with van der Waals surface area (Å²) in [6.45, 7) is 6.02. The highest BCUT2D eigenvalue weighted by Gasteiger charge is 2.22. The molecule has 0 fully saturated rings. The Kier molecular flexibility index (Phi) is 3.34. The van der Waals surface area contributed by atoms with E-state index in [4.69, 9.17) is 5.26 Å². The second kappa shape index (κ2) is 4.14. The highest BCUT2D eigenvalue weighted by molar-refractivity contribution is 9.10. The Labute approximate surface area is 93.9 Å². The van der Waals surface area contributed by atoms with Gasteiger partial charge in [-0.2, -0.15) is 5.26 Å². The van der Waals surface area contributed by atoms with Gasteiger partial charge in [-0.3, -0.25) is 0 Å². The largest absolute Gasteiger partial charge is 0.197 e. The van der Waals surface area contributed by atoms with Gasteiger partial charge in [-0.25, -0.2) is 0 Å². The molecule has 1 aromatic rings. The van der Waals surface area contributed by atoms with Crippen molar-refractivity contribution in [1.29, 1.82) is 5.26 Å². The van der Waals surface area contributed by atoms with Gasteiger partial charge in [0.25, 0.3) is 0 Å². The molecule has 0 unspecified atom stereocenters. The van der Waals surface area contributed by atoms with Crippen LogP contribution in [0.2, 0.25) is 0 Å². The van der Waals surface area contributed by atoms with Crippen molar-refractivity contribution in [3.05, 3.63) is 33.8 Å². The Balaban J connectivity index is 3.29. The topological polar surface area (TPSA) is 23.8 Å². The third-order valence-corrected chi connectivity index (χ3v) is 2.89. The van der Waals surface area contributed by atoms with Gasteiger partial charge in [0.15, 0.2) is 0 Å². The summed E-state index contributed by atoms with van der Waals surface area (Å²) in [6.07, 6.45) is 0.958. The molecule has 1 nitrogen and oxygen atoms in total. The van der Waals surface area contributed by atoms with Gasteiger partial charge >= 0.3 is 0 Å². The van der Waals surface area contributed by atoms with Crippen LogP contribution in [0.3, 0.4) is 0 Å². The van der Waals surface area contributed by atoms with E-state index in [-0.39, 0.29) is 0 Å². The number of halogens is 1. The first-order valence-corrected chi connectivity index (χ1v) is 5.50. The van der Waals surface area contributed by atoms with Gasteiger partial charge in [0.05, 0.1) is 11.5 Å². The van der Waals surface area contributed by atoms with E-state index in [9.17, 15) is 0 Å². The molecule has 14 heavy (non-hydrogen) atoms. The Morgan fingerprint density at radius 1 is 1.43 bits per heavy atom. The first-order chi connectivity index (χ1) is 6.51. The number of benzene rings is 1. The number of nitriles is 1. The Hall–Kier alpha value is -0.810. The number of nitrogens with zero attached hydrogens (tertiary/aromatic N) is 1. The molecule has 0 spiro atoms. The fraction of sp³-hybridized carbons (Fsp3) is 0.417. The van der Waals surface area contributed by atoms with Crippen LogP contribution in [0.25, 0.3) is 0 Å². The van der Waals surface area contributed by atoms with Crippen LogP contribution in [-0.2, 0) is 11.8 Å². The van der Waals surface area contributed by atoms with Crippen LogP contribution in [0, 0.1) is 11.3 Å². The van der Waals surface area contributed by atoms with Crippen LogP contribution in [0.5, 0.6) is 0 Å². The minimum Gasteiger partial charge on any atom is -0.197 e. The molecule has 0 heterocycles. The molecule has 0 bridgehead atoms. The maximum Gasteiger partial charge on any atom is 0.0768 e. The highest BCUT2D eigenvalue weighted by Crippen LogP contribution is 2.28. The molecular formula is C12H14BrN. The second-order valence-corrected chi connectivity index (χ2v) is 4.81. The molecule has 0 aliphatic carbocycles. The molecule has 0 aliphatic heterocycles. The molecule has 0 N–H and O–H groups in total. The third-order valence-electron chi connectivity index (χ3n) is 2.40. The highest BCUT2D eigenvalue weighted by atomic mass is 79.9. The first kappa shape index (κ1) is 11.3. The summed E-state index contributed by atoms with van der Waals surface area (Å²) >= 11 is 3.44. The van der Waals surface area contributed by atoms with Gasteiger partial charge in [0.1, 0.15) is 0 Å². The molecule has 2 heteroatoms. The van der Waals surface area contributed by atoms with E-state index in [1.165, 1.54) is 5.56 Å². The SMILES string of the molecule is CCc1cc(Br)ccc1C(C)(C)C#N. The zero-order chi connectivity index (χ0) is 10.8. The van der Waals surface area contributed by atoms with Gasteiger partial charge in [-0.1, -0.05) is 28.9 Å². The zero-order valence-corrected chi connectivity index (χ0v) is 10.4. The van der Waals surface area contributed by atoms with Gasteiger partial charge in [0.2, 0.25) is 0 Å². The van der Waals surface area contributed by atoms with Crippen LogP contribution < -0.4 is 0 Å². The molecule has 1 aromatic carbocycles. The molecular weight excluding hydrogens is 238 g/mol. The van der Waals surface area contributed by atoms with Crippen LogP contribution in [0.1, 0.15) is 31.9 Å². The molecule has 1 rings (SSSR count). The molecule has 0 aliphatic rings. The van der Waals surface area contributed by atoms with Crippen molar-refractivity contribution in [2.75, 3.05) is 0 Å². The van der Waals surface area contributed by atoms with Crippen molar-refractivity contribution < 1.29 is 0 Å². The monoisotopic (exact) mass is 251 g/mol. The Morgan fingerprint density at radius 3 is 2.57 bits per heavy atom. The van der Waals surface area contributed by atoms with E-state index in [0.29, 0.717) is 0 Å². The van der Waals surface area contributed by atoms with Crippen LogP contribution >= 0.6 is 15.9 Å². The summed E-state index contributed by atoms with van der Waals surface area (Å²) < 4.78 is 1.08. The Morgan fingerprint density at radius 2 is 2.07 bits per heavy atom. The van der Waals surface area contributed by atoms with Gasteiger partial charge in [0, 0.05) is 4.47 Å². The van der Waals surface area contributed by atoms with Crippen molar-refractivity contribution in [2.45, 2.75) is 32.6 Å². The number of rotatable bonds is 2. The molecule has 0 amide bonds. The predicted molar refractivity (Wildman–Crippen MR) is 62.2 cm³/mol. The van der Waals surface area contributed by atoms with Gasteiger partial charge in [-0.05, 0) is 43.5 Å². The maximum absolute atomic E-state index is 9.08. The standard InChI is InChI=1S/C12H14BrN/c1-4-9-7-10(13)5-6-11(9)12(2,3)8-14/h5-7H,4H2,1-3H3. The van der Waals surface area contributed by atoms with E-state index in [0.717, 1.165) is 16.5 Å². The van der Waals surface area contributed by atoms with E-state index in [1.807, 2.05) is 26.0 Å². The van der Waals surface area contributed by atoms with Gasteiger partial charge in [-0.15, -0.1) is 0 Å². The smallest absolute Gasteiger partial charge is 0.0768 e. The predicted octanol–water partition coefficient (Wildman–Crippen LogP) is 3.81. The van der Waals surface area contributed by atoms with Gasteiger partial charge < -0.3 is 0 Å². The van der Waals surface area contributed by atoms with Crippen molar-refractivity contribution >= 4 is 15.9 Å². The minimum absolute atomic E-state index is 0.397. The lowest BCUT2D eigenvalue weighted by Gasteiger charge is -2.19. The molecule has 74 valence electrons. The average molecular weight is 252 g/mol.